The van der Waals surface area contributed by atoms with E-state index in [4.69, 9.17) is 18.9 Å². The van der Waals surface area contributed by atoms with Crippen molar-refractivity contribution in [2.45, 2.75) is 72.1 Å². The lowest BCUT2D eigenvalue weighted by molar-refractivity contribution is 0.390. The first-order valence-electron chi connectivity index (χ1n) is 11.7. The zero-order valence-electron chi connectivity index (χ0n) is 22.5. The normalized spacial score (nSPS) is 12.1. The van der Waals surface area contributed by atoms with E-state index >= 15 is 0 Å². The predicted octanol–water partition coefficient (Wildman–Crippen LogP) is 6.55. The maximum absolute atomic E-state index is 6.10. The van der Waals surface area contributed by atoms with Crippen LogP contribution in [0.4, 0.5) is 0 Å². The van der Waals surface area contributed by atoms with Gasteiger partial charge in [0.25, 0.3) is 0 Å². The summed E-state index contributed by atoms with van der Waals surface area (Å²) >= 11 is 0. The Bertz CT molecular complexity index is 865. The largest absolute Gasteiger partial charge is 0.497 e. The van der Waals surface area contributed by atoms with E-state index in [1.807, 2.05) is 0 Å². The molecule has 4 nitrogen and oxygen atoms in total. The number of hydrogen-bond acceptors (Lipinski definition) is 4. The van der Waals surface area contributed by atoms with E-state index < -0.39 is 7.92 Å². The van der Waals surface area contributed by atoms with Crippen molar-refractivity contribution < 1.29 is 18.9 Å². The smallest absolute Gasteiger partial charge is 0.130 e. The van der Waals surface area contributed by atoms with Gasteiger partial charge < -0.3 is 18.9 Å². The van der Waals surface area contributed by atoms with E-state index in [0.717, 1.165) is 53.1 Å². The maximum atomic E-state index is 6.10. The van der Waals surface area contributed by atoms with E-state index in [9.17, 15) is 0 Å². The maximum Gasteiger partial charge on any atom is 0.130 e. The lowest BCUT2D eigenvalue weighted by atomic mass is 9.86. The van der Waals surface area contributed by atoms with E-state index in [1.165, 1.54) is 10.6 Å². The summed E-state index contributed by atoms with van der Waals surface area (Å²) in [7, 11) is 6.22. The minimum Gasteiger partial charge on any atom is -0.497 e. The summed E-state index contributed by atoms with van der Waals surface area (Å²) in [6, 6.07) is 8.54. The molecule has 0 unspecified atom stereocenters. The van der Waals surface area contributed by atoms with Crippen molar-refractivity contribution in [2.75, 3.05) is 34.6 Å². The average Bonchev–Trinajstić information content (AvgIpc) is 2.76. The van der Waals surface area contributed by atoms with Gasteiger partial charge in [-0.3, -0.25) is 0 Å². The Hall–Kier alpha value is -1.93. The van der Waals surface area contributed by atoms with Crippen LogP contribution in [0.5, 0.6) is 23.0 Å². The van der Waals surface area contributed by atoms with Gasteiger partial charge in [-0.1, -0.05) is 54.9 Å². The minimum absolute atomic E-state index is 0.0879. The molecule has 0 spiro atoms. The van der Waals surface area contributed by atoms with Crippen LogP contribution in [0.3, 0.4) is 0 Å². The van der Waals surface area contributed by atoms with Crippen molar-refractivity contribution in [3.05, 3.63) is 35.4 Å². The van der Waals surface area contributed by atoms with Crippen LogP contribution >= 0.6 is 7.92 Å². The van der Waals surface area contributed by atoms with Gasteiger partial charge >= 0.3 is 0 Å². The highest BCUT2D eigenvalue weighted by molar-refractivity contribution is 7.73. The molecule has 2 rings (SSSR count). The molecular formula is C28H43O4P. The fraction of sp³-hybridized carbons (Fsp3) is 0.571. The topological polar surface area (TPSA) is 36.9 Å². The Kier molecular flexibility index (Phi) is 9.10. The number of hydrogen-bond donors (Lipinski definition) is 0. The van der Waals surface area contributed by atoms with E-state index in [0.29, 0.717) is 0 Å². The predicted molar refractivity (Wildman–Crippen MR) is 142 cm³/mol. The van der Waals surface area contributed by atoms with Crippen molar-refractivity contribution in [1.82, 2.24) is 0 Å². The van der Waals surface area contributed by atoms with Gasteiger partial charge in [0.15, 0.2) is 0 Å². The summed E-state index contributed by atoms with van der Waals surface area (Å²) in [5.41, 5.74) is 2.13. The molecule has 2 aromatic carbocycles. The quantitative estimate of drug-likeness (QED) is 0.386. The molecule has 0 aliphatic heterocycles. The number of rotatable bonds is 9. The van der Waals surface area contributed by atoms with Gasteiger partial charge in [0, 0.05) is 21.7 Å². The van der Waals surface area contributed by atoms with Gasteiger partial charge in [-0.2, -0.15) is 0 Å². The molecule has 0 fully saturated rings. The molecule has 0 atom stereocenters. The Balaban J connectivity index is 2.95. The number of unbranched alkanes of at least 4 members (excludes halogenated alkanes) is 1. The molecule has 2 aromatic rings. The lowest BCUT2D eigenvalue weighted by Crippen LogP contribution is -2.25. The third kappa shape index (κ3) is 6.15. The molecule has 184 valence electrons. The lowest BCUT2D eigenvalue weighted by Gasteiger charge is -2.31. The van der Waals surface area contributed by atoms with Crippen LogP contribution in [0.15, 0.2) is 24.3 Å². The molecule has 0 amide bonds. The van der Waals surface area contributed by atoms with Crippen molar-refractivity contribution in [3.8, 4) is 23.0 Å². The van der Waals surface area contributed by atoms with Crippen LogP contribution in [0.25, 0.3) is 0 Å². The standard InChI is InChI=1S/C28H43O4P/c1-12-13-14-33(23-17-19(29-8)15-21(25(23)31-10)27(2,3)4)24-18-20(30-9)16-22(26(24)32-11)28(5,6)7/h15-18H,12-14H2,1-11H3. The molecule has 0 N–H and O–H groups in total. The van der Waals surface area contributed by atoms with Crippen molar-refractivity contribution >= 4 is 18.5 Å². The van der Waals surface area contributed by atoms with Crippen molar-refractivity contribution in [2.24, 2.45) is 0 Å². The van der Waals surface area contributed by atoms with Crippen LogP contribution in [0.2, 0.25) is 0 Å². The van der Waals surface area contributed by atoms with Gasteiger partial charge in [-0.05, 0) is 55.6 Å². The van der Waals surface area contributed by atoms with Gasteiger partial charge in [-0.25, -0.2) is 0 Å². The molecule has 5 heteroatoms. The van der Waals surface area contributed by atoms with Crippen LogP contribution in [-0.2, 0) is 10.8 Å². The van der Waals surface area contributed by atoms with Gasteiger partial charge in [0.05, 0.1) is 28.4 Å². The first-order chi connectivity index (χ1) is 15.4. The van der Waals surface area contributed by atoms with Gasteiger partial charge in [0.2, 0.25) is 0 Å². The molecule has 0 aliphatic carbocycles. The minimum atomic E-state index is -0.791. The third-order valence-corrected chi connectivity index (χ3v) is 8.49. The Morgan fingerprint density at radius 1 is 0.636 bits per heavy atom. The Morgan fingerprint density at radius 3 is 1.30 bits per heavy atom. The number of methoxy groups -OCH3 is 4. The summed E-state index contributed by atoms with van der Waals surface area (Å²) in [5, 5.41) is 2.38. The van der Waals surface area contributed by atoms with E-state index in [1.54, 1.807) is 28.4 Å². The summed E-state index contributed by atoms with van der Waals surface area (Å²) < 4.78 is 23.7. The monoisotopic (exact) mass is 474 g/mol. The molecule has 0 heterocycles. The zero-order valence-corrected chi connectivity index (χ0v) is 23.4. The highest BCUT2D eigenvalue weighted by Gasteiger charge is 2.31. The third-order valence-electron chi connectivity index (χ3n) is 5.90. The van der Waals surface area contributed by atoms with Crippen LogP contribution < -0.4 is 29.6 Å². The number of benzene rings is 2. The first kappa shape index (κ1) is 27.3. The molecule has 0 saturated heterocycles. The number of ether oxygens (including phenoxy) is 4. The van der Waals surface area contributed by atoms with E-state index in [2.05, 4.69) is 72.7 Å². The van der Waals surface area contributed by atoms with Gasteiger partial charge in [-0.15, -0.1) is 0 Å². The van der Waals surface area contributed by atoms with Gasteiger partial charge in [0.1, 0.15) is 23.0 Å². The summed E-state index contributed by atoms with van der Waals surface area (Å²) in [6.45, 7) is 15.5. The molecule has 0 aliphatic rings. The fourth-order valence-corrected chi connectivity index (χ4v) is 6.90. The first-order valence-corrected chi connectivity index (χ1v) is 13.3. The SMILES string of the molecule is CCCCP(c1cc(OC)cc(C(C)(C)C)c1OC)c1cc(OC)cc(C(C)(C)C)c1OC. The van der Waals surface area contributed by atoms with Crippen LogP contribution in [0, 0.1) is 0 Å². The highest BCUT2D eigenvalue weighted by Crippen LogP contribution is 2.48. The molecule has 0 bridgehead atoms. The second kappa shape index (κ2) is 11.0. The summed E-state index contributed by atoms with van der Waals surface area (Å²) in [6.07, 6.45) is 3.27. The molecule has 0 aromatic heterocycles. The van der Waals surface area contributed by atoms with E-state index in [-0.39, 0.29) is 10.8 Å². The molecule has 0 radical (unpaired) electrons. The van der Waals surface area contributed by atoms with Crippen LogP contribution in [-0.4, -0.2) is 34.6 Å². The zero-order chi connectivity index (χ0) is 25.0. The second-order valence-electron chi connectivity index (χ2n) is 10.5. The Labute approximate surface area is 202 Å². The second-order valence-corrected chi connectivity index (χ2v) is 12.7. The van der Waals surface area contributed by atoms with Crippen molar-refractivity contribution in [1.29, 1.82) is 0 Å². The highest BCUT2D eigenvalue weighted by atomic mass is 31.1. The average molecular weight is 475 g/mol. The molecule has 0 saturated carbocycles. The fourth-order valence-electron chi connectivity index (χ4n) is 4.04. The summed E-state index contributed by atoms with van der Waals surface area (Å²) in [5.74, 6) is 3.62. The molecular weight excluding hydrogens is 431 g/mol. The Morgan fingerprint density at radius 2 is 1.03 bits per heavy atom. The molecule has 33 heavy (non-hydrogen) atoms. The van der Waals surface area contributed by atoms with Crippen LogP contribution in [0.1, 0.15) is 72.4 Å². The van der Waals surface area contributed by atoms with Crippen molar-refractivity contribution in [3.63, 3.8) is 0 Å². The summed E-state index contributed by atoms with van der Waals surface area (Å²) in [4.78, 5) is 0.